The van der Waals surface area contributed by atoms with E-state index in [1.54, 1.807) is 11.8 Å². The predicted molar refractivity (Wildman–Crippen MR) is 67.8 cm³/mol. The zero-order valence-corrected chi connectivity index (χ0v) is 10.9. The molecule has 0 atom stereocenters. The lowest BCUT2D eigenvalue weighted by atomic mass is 9.80. The van der Waals surface area contributed by atoms with Gasteiger partial charge in [0.05, 0.1) is 0 Å². The number of nitrogens with two attached hydrogens (primary N) is 1. The number of carbonyl (C=O) groups is 1. The van der Waals surface area contributed by atoms with Crippen molar-refractivity contribution >= 4 is 23.5 Å². The Bertz CT molecular complexity index is 252. The number of rotatable bonds is 7. The van der Waals surface area contributed by atoms with Crippen molar-refractivity contribution in [1.82, 2.24) is 5.32 Å². The van der Waals surface area contributed by atoms with E-state index in [1.807, 2.05) is 20.1 Å². The fraction of sp³-hybridized carbons (Fsp3) is 0.800. The minimum Gasteiger partial charge on any atom is -0.409 e. The normalized spacial score (nSPS) is 12.6. The van der Waals surface area contributed by atoms with Crippen LogP contribution in [0.25, 0.3) is 0 Å². The van der Waals surface area contributed by atoms with Gasteiger partial charge in [-0.3, -0.25) is 4.79 Å². The van der Waals surface area contributed by atoms with E-state index in [1.165, 1.54) is 0 Å². The molecule has 0 aromatic carbocycles. The quantitative estimate of drug-likeness (QED) is 0.206. The lowest BCUT2D eigenvalue weighted by Crippen LogP contribution is -2.49. The third-order valence-corrected chi connectivity index (χ3v) is 3.44. The van der Waals surface area contributed by atoms with E-state index < -0.39 is 5.41 Å². The molecule has 0 fully saturated rings. The minimum absolute atomic E-state index is 0.0147. The van der Waals surface area contributed by atoms with Crippen LogP contribution in [0.4, 0.5) is 0 Å². The van der Waals surface area contributed by atoms with Crippen molar-refractivity contribution in [3.05, 3.63) is 0 Å². The fourth-order valence-corrected chi connectivity index (χ4v) is 1.89. The van der Waals surface area contributed by atoms with Crippen LogP contribution in [0.15, 0.2) is 5.16 Å². The summed E-state index contributed by atoms with van der Waals surface area (Å²) in [5.74, 6) is 0.673. The minimum atomic E-state index is -0.882. The van der Waals surface area contributed by atoms with Crippen LogP contribution in [0.1, 0.15) is 26.7 Å². The number of amides is 1. The summed E-state index contributed by atoms with van der Waals surface area (Å²) in [7, 11) is 0. The SMILES string of the molecule is CCC(CC)(C(=O)NCCSC)C(N)=NO. The lowest BCUT2D eigenvalue weighted by molar-refractivity contribution is -0.127. The molecule has 16 heavy (non-hydrogen) atoms. The molecule has 0 unspecified atom stereocenters. The summed E-state index contributed by atoms with van der Waals surface area (Å²) in [4.78, 5) is 12.0. The van der Waals surface area contributed by atoms with Crippen LogP contribution in [-0.4, -0.2) is 35.5 Å². The van der Waals surface area contributed by atoms with Gasteiger partial charge >= 0.3 is 0 Å². The molecule has 1 amide bonds. The highest BCUT2D eigenvalue weighted by molar-refractivity contribution is 7.98. The molecule has 94 valence electrons. The van der Waals surface area contributed by atoms with E-state index in [0.29, 0.717) is 19.4 Å². The Morgan fingerprint density at radius 3 is 2.44 bits per heavy atom. The molecule has 0 bridgehead atoms. The highest BCUT2D eigenvalue weighted by Gasteiger charge is 2.39. The summed E-state index contributed by atoms with van der Waals surface area (Å²) in [6, 6.07) is 0. The van der Waals surface area contributed by atoms with E-state index in [-0.39, 0.29) is 11.7 Å². The lowest BCUT2D eigenvalue weighted by Gasteiger charge is -2.28. The Balaban J connectivity index is 4.70. The molecule has 0 radical (unpaired) electrons. The number of carbonyl (C=O) groups excluding carboxylic acids is 1. The fourth-order valence-electron chi connectivity index (χ4n) is 1.58. The van der Waals surface area contributed by atoms with Gasteiger partial charge < -0.3 is 16.3 Å². The maximum Gasteiger partial charge on any atom is 0.233 e. The highest BCUT2D eigenvalue weighted by atomic mass is 32.2. The molecular formula is C10H21N3O2S. The molecule has 0 aromatic rings. The Morgan fingerprint density at radius 2 is 2.06 bits per heavy atom. The largest absolute Gasteiger partial charge is 0.409 e. The molecule has 5 nitrogen and oxygen atoms in total. The molecule has 6 heteroatoms. The number of nitrogens with one attached hydrogen (secondary N) is 1. The van der Waals surface area contributed by atoms with Gasteiger partial charge in [0.15, 0.2) is 5.84 Å². The van der Waals surface area contributed by atoms with Crippen molar-refractivity contribution in [3.8, 4) is 0 Å². The van der Waals surface area contributed by atoms with Gasteiger partial charge in [0.2, 0.25) is 5.91 Å². The first-order valence-corrected chi connectivity index (χ1v) is 6.73. The molecule has 0 aliphatic rings. The number of amidine groups is 1. The molecule has 0 spiro atoms. The molecule has 0 rings (SSSR count). The predicted octanol–water partition coefficient (Wildman–Crippen LogP) is 1.02. The maximum absolute atomic E-state index is 12.0. The first kappa shape index (κ1) is 15.1. The molecule has 0 aromatic heterocycles. The second kappa shape index (κ2) is 7.38. The summed E-state index contributed by atoms with van der Waals surface area (Å²) in [6.07, 6.45) is 3.01. The topological polar surface area (TPSA) is 87.7 Å². The molecular weight excluding hydrogens is 226 g/mol. The maximum atomic E-state index is 12.0. The first-order chi connectivity index (χ1) is 7.58. The zero-order valence-electron chi connectivity index (χ0n) is 10.1. The summed E-state index contributed by atoms with van der Waals surface area (Å²) >= 11 is 1.66. The Hall–Kier alpha value is -0.910. The van der Waals surface area contributed by atoms with E-state index in [4.69, 9.17) is 10.9 Å². The summed E-state index contributed by atoms with van der Waals surface area (Å²) in [5.41, 5.74) is 4.73. The number of thioether (sulfide) groups is 1. The third-order valence-electron chi connectivity index (χ3n) is 2.83. The Kier molecular flexibility index (Phi) is 6.96. The van der Waals surface area contributed by atoms with Crippen LogP contribution in [0.3, 0.4) is 0 Å². The van der Waals surface area contributed by atoms with Gasteiger partial charge in [-0.15, -0.1) is 0 Å². The first-order valence-electron chi connectivity index (χ1n) is 5.34. The Labute approximate surface area is 101 Å². The average molecular weight is 247 g/mol. The summed E-state index contributed by atoms with van der Waals surface area (Å²) in [6.45, 7) is 4.31. The van der Waals surface area contributed by atoms with Gasteiger partial charge in [0.25, 0.3) is 0 Å². The number of oxime groups is 1. The van der Waals surface area contributed by atoms with Crippen molar-refractivity contribution < 1.29 is 10.0 Å². The second-order valence-corrected chi connectivity index (χ2v) is 4.51. The highest BCUT2D eigenvalue weighted by Crippen LogP contribution is 2.26. The van der Waals surface area contributed by atoms with Crippen molar-refractivity contribution in [2.45, 2.75) is 26.7 Å². The van der Waals surface area contributed by atoms with Crippen LogP contribution >= 0.6 is 11.8 Å². The molecule has 0 aliphatic heterocycles. The smallest absolute Gasteiger partial charge is 0.233 e. The monoisotopic (exact) mass is 247 g/mol. The third kappa shape index (κ3) is 3.30. The molecule has 0 saturated heterocycles. The second-order valence-electron chi connectivity index (χ2n) is 3.52. The van der Waals surface area contributed by atoms with Crippen LogP contribution < -0.4 is 11.1 Å². The van der Waals surface area contributed by atoms with E-state index in [0.717, 1.165) is 5.75 Å². The van der Waals surface area contributed by atoms with Gasteiger partial charge in [0.1, 0.15) is 5.41 Å². The van der Waals surface area contributed by atoms with Crippen LogP contribution in [0.5, 0.6) is 0 Å². The van der Waals surface area contributed by atoms with Crippen LogP contribution in [0, 0.1) is 5.41 Å². The van der Waals surface area contributed by atoms with E-state index in [2.05, 4.69) is 10.5 Å². The van der Waals surface area contributed by atoms with Gasteiger partial charge in [-0.2, -0.15) is 11.8 Å². The zero-order chi connectivity index (χ0) is 12.6. The number of hydrogen-bond donors (Lipinski definition) is 3. The van der Waals surface area contributed by atoms with Gasteiger partial charge in [0, 0.05) is 12.3 Å². The molecule has 0 aliphatic carbocycles. The van der Waals surface area contributed by atoms with E-state index >= 15 is 0 Å². The standard InChI is InChI=1S/C10H21N3O2S/c1-4-10(5-2,8(11)13-15)9(14)12-6-7-16-3/h15H,4-7H2,1-3H3,(H2,11,13)(H,12,14). The van der Waals surface area contributed by atoms with E-state index in [9.17, 15) is 4.79 Å². The molecule has 0 heterocycles. The summed E-state index contributed by atoms with van der Waals surface area (Å²) in [5, 5.41) is 14.5. The molecule has 0 saturated carbocycles. The van der Waals surface area contributed by atoms with Gasteiger partial charge in [-0.1, -0.05) is 19.0 Å². The van der Waals surface area contributed by atoms with Crippen molar-refractivity contribution in [3.63, 3.8) is 0 Å². The van der Waals surface area contributed by atoms with Crippen molar-refractivity contribution in [1.29, 1.82) is 0 Å². The van der Waals surface area contributed by atoms with Crippen molar-refractivity contribution in [2.24, 2.45) is 16.3 Å². The van der Waals surface area contributed by atoms with Crippen LogP contribution in [0.2, 0.25) is 0 Å². The van der Waals surface area contributed by atoms with Crippen molar-refractivity contribution in [2.75, 3.05) is 18.6 Å². The summed E-state index contributed by atoms with van der Waals surface area (Å²) < 4.78 is 0. The number of nitrogens with zero attached hydrogens (tertiary/aromatic N) is 1. The average Bonchev–Trinajstić information content (AvgIpc) is 2.31. The van der Waals surface area contributed by atoms with Crippen LogP contribution in [-0.2, 0) is 4.79 Å². The van der Waals surface area contributed by atoms with Gasteiger partial charge in [-0.05, 0) is 19.1 Å². The molecule has 4 N–H and O–H groups in total. The number of hydrogen-bond acceptors (Lipinski definition) is 4. The van der Waals surface area contributed by atoms with Gasteiger partial charge in [-0.25, -0.2) is 0 Å². The Morgan fingerprint density at radius 1 is 1.50 bits per heavy atom.